The Morgan fingerprint density at radius 1 is 0.900 bits per heavy atom. The minimum Gasteiger partial charge on any atom is -0.314 e. The van der Waals surface area contributed by atoms with Gasteiger partial charge in [0.2, 0.25) is 0 Å². The number of carbonyl (C=O) groups excluding carboxylic acids is 1. The Morgan fingerprint density at radius 3 is 2.15 bits per heavy atom. The van der Waals surface area contributed by atoms with Crippen LogP contribution in [-0.4, -0.2) is 29.4 Å². The fraction of sp³-hybridized carbons (Fsp3) is 0.649. The molecule has 0 aromatic heterocycles. The molecule has 0 amide bonds. The van der Waals surface area contributed by atoms with Crippen LogP contribution in [0.3, 0.4) is 0 Å². The van der Waals surface area contributed by atoms with Crippen molar-refractivity contribution in [1.29, 1.82) is 0 Å². The summed E-state index contributed by atoms with van der Waals surface area (Å²) < 4.78 is 0. The molecule has 2 aromatic rings. The molecule has 1 heterocycles. The van der Waals surface area contributed by atoms with Crippen molar-refractivity contribution < 1.29 is 4.79 Å². The number of rotatable bonds is 13. The van der Waals surface area contributed by atoms with E-state index in [0.717, 1.165) is 51.5 Å². The Hall–Kier alpha value is -1.97. The van der Waals surface area contributed by atoms with Crippen molar-refractivity contribution in [2.45, 2.75) is 129 Å². The Labute approximate surface area is 245 Å². The molecule has 1 aliphatic carbocycles. The molecule has 4 rings (SSSR count). The topological polar surface area (TPSA) is 41.1 Å². The summed E-state index contributed by atoms with van der Waals surface area (Å²) >= 11 is 0. The highest BCUT2D eigenvalue weighted by atomic mass is 16.1. The van der Waals surface area contributed by atoms with Crippen molar-refractivity contribution >= 4 is 5.78 Å². The summed E-state index contributed by atoms with van der Waals surface area (Å²) in [5, 5.41) is 7.81. The smallest absolute Gasteiger partial charge is 0.136 e. The van der Waals surface area contributed by atoms with Gasteiger partial charge in [-0.25, -0.2) is 0 Å². The van der Waals surface area contributed by atoms with E-state index in [-0.39, 0.29) is 11.1 Å². The van der Waals surface area contributed by atoms with E-state index >= 15 is 0 Å². The lowest BCUT2D eigenvalue weighted by atomic mass is 9.76. The molecular weight excluding hydrogens is 488 g/mol. The van der Waals surface area contributed by atoms with Gasteiger partial charge in [0, 0.05) is 29.5 Å². The summed E-state index contributed by atoms with van der Waals surface area (Å²) in [4.78, 5) is 13.3. The van der Waals surface area contributed by atoms with Crippen LogP contribution in [-0.2, 0) is 11.2 Å². The maximum absolute atomic E-state index is 13.3. The van der Waals surface area contributed by atoms with Crippen molar-refractivity contribution in [2.24, 2.45) is 17.8 Å². The maximum atomic E-state index is 13.3. The summed E-state index contributed by atoms with van der Waals surface area (Å²) in [5.41, 5.74) is 4.23. The van der Waals surface area contributed by atoms with Gasteiger partial charge in [0.25, 0.3) is 0 Å². The quantitative estimate of drug-likeness (QED) is 0.265. The van der Waals surface area contributed by atoms with Gasteiger partial charge >= 0.3 is 0 Å². The lowest BCUT2D eigenvalue weighted by Crippen LogP contribution is -2.61. The van der Waals surface area contributed by atoms with Crippen LogP contribution in [0.2, 0.25) is 0 Å². The average molecular weight is 545 g/mol. The highest BCUT2D eigenvalue weighted by Crippen LogP contribution is 2.34. The predicted octanol–water partition coefficient (Wildman–Crippen LogP) is 8.76. The van der Waals surface area contributed by atoms with Crippen LogP contribution in [0.1, 0.15) is 111 Å². The third-order valence-electron chi connectivity index (χ3n) is 9.58. The molecule has 220 valence electrons. The lowest BCUT2D eigenvalue weighted by Gasteiger charge is -2.47. The van der Waals surface area contributed by atoms with E-state index in [1.807, 2.05) is 0 Å². The minimum atomic E-state index is 0.142. The van der Waals surface area contributed by atoms with Crippen molar-refractivity contribution in [3.8, 4) is 11.1 Å². The van der Waals surface area contributed by atoms with Crippen LogP contribution < -0.4 is 10.6 Å². The first kappa shape index (κ1) is 31.0. The SMILES string of the molecule is CCC(C(=O)CCC[C@H](CNC1CC(C)(C)NC(C)(C)C1)Cc1ccc(-c2ccccc2)cc1)C1CCCCC1. The fourth-order valence-corrected chi connectivity index (χ4v) is 7.98. The molecule has 0 radical (unpaired) electrons. The van der Waals surface area contributed by atoms with Crippen LogP contribution in [0.25, 0.3) is 11.1 Å². The van der Waals surface area contributed by atoms with Crippen molar-refractivity contribution in [1.82, 2.24) is 10.6 Å². The molecule has 2 aliphatic rings. The van der Waals surface area contributed by atoms with E-state index in [9.17, 15) is 4.79 Å². The van der Waals surface area contributed by atoms with Crippen LogP contribution in [0.5, 0.6) is 0 Å². The van der Waals surface area contributed by atoms with E-state index < -0.39 is 0 Å². The van der Waals surface area contributed by atoms with Crippen molar-refractivity contribution in [2.75, 3.05) is 6.54 Å². The summed E-state index contributed by atoms with van der Waals surface area (Å²) in [6.07, 6.45) is 13.8. The van der Waals surface area contributed by atoms with Gasteiger partial charge in [-0.1, -0.05) is 80.8 Å². The summed E-state index contributed by atoms with van der Waals surface area (Å²) in [5.74, 6) is 2.00. The molecule has 2 aromatic carbocycles. The first-order valence-corrected chi connectivity index (χ1v) is 16.3. The minimum absolute atomic E-state index is 0.142. The van der Waals surface area contributed by atoms with Crippen LogP contribution in [0.15, 0.2) is 54.6 Å². The van der Waals surface area contributed by atoms with Crippen LogP contribution >= 0.6 is 0 Å². The number of hydrogen-bond donors (Lipinski definition) is 2. The molecule has 0 spiro atoms. The van der Waals surface area contributed by atoms with Gasteiger partial charge in [0.05, 0.1) is 0 Å². The van der Waals surface area contributed by atoms with Gasteiger partial charge < -0.3 is 10.6 Å². The molecule has 2 atom stereocenters. The first-order valence-electron chi connectivity index (χ1n) is 16.3. The van der Waals surface area contributed by atoms with E-state index in [1.54, 1.807) is 0 Å². The third-order valence-corrected chi connectivity index (χ3v) is 9.58. The zero-order valence-electron chi connectivity index (χ0n) is 26.1. The second-order valence-corrected chi connectivity index (χ2v) is 14.3. The lowest BCUT2D eigenvalue weighted by molar-refractivity contribution is -0.125. The zero-order valence-corrected chi connectivity index (χ0v) is 26.1. The second-order valence-electron chi connectivity index (χ2n) is 14.3. The molecule has 1 aliphatic heterocycles. The number of nitrogens with one attached hydrogen (secondary N) is 2. The molecule has 3 nitrogen and oxygen atoms in total. The number of Topliss-reactive ketones (excluding diaryl/α,β-unsaturated/α-hetero) is 1. The molecular formula is C37H56N2O. The van der Waals surface area contributed by atoms with Gasteiger partial charge in [0.15, 0.2) is 0 Å². The summed E-state index contributed by atoms with van der Waals surface area (Å²) in [6.45, 7) is 12.6. The molecule has 40 heavy (non-hydrogen) atoms. The summed E-state index contributed by atoms with van der Waals surface area (Å²) in [7, 11) is 0. The Morgan fingerprint density at radius 2 is 1.52 bits per heavy atom. The van der Waals surface area contributed by atoms with Crippen molar-refractivity contribution in [3.63, 3.8) is 0 Å². The van der Waals surface area contributed by atoms with Gasteiger partial charge in [-0.15, -0.1) is 0 Å². The van der Waals surface area contributed by atoms with Crippen LogP contribution in [0, 0.1) is 17.8 Å². The molecule has 1 unspecified atom stereocenters. The van der Waals surface area contributed by atoms with E-state index in [0.29, 0.717) is 29.6 Å². The third kappa shape index (κ3) is 9.28. The molecule has 2 N–H and O–H groups in total. The highest BCUT2D eigenvalue weighted by molar-refractivity contribution is 5.81. The largest absolute Gasteiger partial charge is 0.314 e. The molecule has 3 heteroatoms. The predicted molar refractivity (Wildman–Crippen MR) is 171 cm³/mol. The first-order chi connectivity index (χ1) is 19.1. The summed E-state index contributed by atoms with van der Waals surface area (Å²) in [6, 6.07) is 20.3. The fourth-order valence-electron chi connectivity index (χ4n) is 7.98. The Bertz CT molecular complexity index is 1020. The number of benzene rings is 2. The maximum Gasteiger partial charge on any atom is 0.136 e. The van der Waals surface area contributed by atoms with E-state index in [1.165, 1.54) is 48.8 Å². The molecule has 0 bridgehead atoms. The van der Waals surface area contributed by atoms with E-state index in [2.05, 4.69) is 99.8 Å². The Balaban J connectivity index is 1.38. The number of hydrogen-bond acceptors (Lipinski definition) is 3. The number of carbonyl (C=O) groups is 1. The van der Waals surface area contributed by atoms with Crippen LogP contribution in [0.4, 0.5) is 0 Å². The monoisotopic (exact) mass is 544 g/mol. The molecule has 1 saturated heterocycles. The van der Waals surface area contributed by atoms with Crippen molar-refractivity contribution in [3.05, 3.63) is 60.2 Å². The van der Waals surface area contributed by atoms with Gasteiger partial charge in [-0.2, -0.15) is 0 Å². The molecule has 2 fully saturated rings. The van der Waals surface area contributed by atoms with E-state index in [4.69, 9.17) is 0 Å². The average Bonchev–Trinajstić information content (AvgIpc) is 2.92. The van der Waals surface area contributed by atoms with Gasteiger partial charge in [-0.05, 0) is 114 Å². The normalized spacial score (nSPS) is 21.1. The van der Waals surface area contributed by atoms with Gasteiger partial charge in [0.1, 0.15) is 5.78 Å². The Kier molecular flexibility index (Phi) is 11.1. The number of ketones is 1. The number of piperidine rings is 1. The highest BCUT2D eigenvalue weighted by Gasteiger charge is 2.37. The molecule has 1 saturated carbocycles. The standard InChI is InChI=1S/C37H56N2O/c1-6-34(32-17-11-8-12-18-32)35(40)19-13-14-29(27-38-33-25-36(2,3)39-37(4,5)26-33)24-28-20-22-31(23-21-28)30-15-9-7-10-16-30/h7,9-10,15-16,20-23,29,32-34,38-39H,6,8,11-14,17-19,24-27H2,1-5H3/t29-,34?/m0/s1. The zero-order chi connectivity index (χ0) is 28.6. The van der Waals surface area contributed by atoms with Gasteiger partial charge in [-0.3, -0.25) is 4.79 Å². The second kappa shape index (κ2) is 14.3.